The Balaban J connectivity index is 1.89. The summed E-state index contributed by atoms with van der Waals surface area (Å²) in [5.41, 5.74) is 6.28. The zero-order valence-corrected chi connectivity index (χ0v) is 24.4. The van der Waals surface area contributed by atoms with Gasteiger partial charge in [-0.05, 0) is 71.6 Å². The number of aliphatic carboxylic acids is 1. The average molecular weight is 554 g/mol. The van der Waals surface area contributed by atoms with Gasteiger partial charge in [-0.3, -0.25) is 9.59 Å². The van der Waals surface area contributed by atoms with Crippen molar-refractivity contribution in [3.8, 4) is 22.4 Å². The summed E-state index contributed by atoms with van der Waals surface area (Å²) in [4.78, 5) is 25.5. The third kappa shape index (κ3) is 7.40. The molecule has 0 amide bonds. The molecule has 1 aromatic heterocycles. The van der Waals surface area contributed by atoms with Crippen LogP contribution in [0.1, 0.15) is 74.5 Å². The summed E-state index contributed by atoms with van der Waals surface area (Å²) in [7, 11) is 0. The van der Waals surface area contributed by atoms with Gasteiger partial charge >= 0.3 is 5.97 Å². The molecule has 0 aliphatic carbocycles. The second kappa shape index (κ2) is 13.6. The molecule has 4 aromatic rings. The Bertz CT molecular complexity index is 1460. The highest BCUT2D eigenvalue weighted by atomic mass is 19.1. The van der Waals surface area contributed by atoms with E-state index in [9.17, 15) is 19.1 Å². The molecule has 3 aromatic carbocycles. The molecule has 214 valence electrons. The van der Waals surface area contributed by atoms with Crippen LogP contribution in [0.25, 0.3) is 22.4 Å². The van der Waals surface area contributed by atoms with Crippen LogP contribution in [-0.2, 0) is 17.8 Å². The SMILES string of the molecule is CC(C)c1c(C(=O)Cc2ccccc2)c(-c2ccccc2)c(-c2ccc(F)cc2)n1CC[C@@H](C)C[C@@H](C)CC(=O)O. The molecule has 1 heterocycles. The highest BCUT2D eigenvalue weighted by Gasteiger charge is 2.30. The predicted molar refractivity (Wildman–Crippen MR) is 164 cm³/mol. The van der Waals surface area contributed by atoms with Gasteiger partial charge in [-0.15, -0.1) is 0 Å². The summed E-state index contributed by atoms with van der Waals surface area (Å²) in [5.74, 6) is -0.595. The number of benzene rings is 3. The summed E-state index contributed by atoms with van der Waals surface area (Å²) in [5, 5.41) is 9.22. The van der Waals surface area contributed by atoms with E-state index in [-0.39, 0.29) is 42.2 Å². The molecule has 4 nitrogen and oxygen atoms in total. The topological polar surface area (TPSA) is 59.3 Å². The van der Waals surface area contributed by atoms with Gasteiger partial charge in [0, 0.05) is 36.2 Å². The van der Waals surface area contributed by atoms with E-state index in [1.807, 2.05) is 67.6 Å². The number of nitrogens with zero attached hydrogens (tertiary/aromatic N) is 1. The van der Waals surface area contributed by atoms with E-state index in [0.717, 1.165) is 52.0 Å². The Morgan fingerprint density at radius 2 is 1.41 bits per heavy atom. The number of aromatic nitrogens is 1. The van der Waals surface area contributed by atoms with Crippen molar-refractivity contribution in [2.24, 2.45) is 11.8 Å². The molecule has 0 spiro atoms. The lowest BCUT2D eigenvalue weighted by atomic mass is 9.90. The standard InChI is InChI=1S/C36H40FNO3/c1-24(2)35-34(31(39)23-27-11-7-5-8-12-27)33(28-13-9-6-10-14-28)36(29-15-17-30(37)18-16-29)38(35)20-19-25(3)21-26(4)22-32(40)41/h5-18,24-26H,19-23H2,1-4H3,(H,40,41)/t25-,26-/m1/s1. The van der Waals surface area contributed by atoms with E-state index in [2.05, 4.69) is 25.3 Å². The first-order chi connectivity index (χ1) is 19.7. The van der Waals surface area contributed by atoms with E-state index in [0.29, 0.717) is 6.54 Å². The lowest BCUT2D eigenvalue weighted by molar-refractivity contribution is -0.138. The van der Waals surface area contributed by atoms with Crippen molar-refractivity contribution >= 4 is 11.8 Å². The van der Waals surface area contributed by atoms with Crippen LogP contribution in [-0.4, -0.2) is 21.4 Å². The van der Waals surface area contributed by atoms with Crippen LogP contribution in [0, 0.1) is 17.7 Å². The van der Waals surface area contributed by atoms with Crippen LogP contribution in [0.5, 0.6) is 0 Å². The van der Waals surface area contributed by atoms with Gasteiger partial charge in [-0.1, -0.05) is 88.4 Å². The molecule has 0 unspecified atom stereocenters. The number of halogens is 1. The largest absolute Gasteiger partial charge is 0.481 e. The molecule has 5 heteroatoms. The Hall–Kier alpha value is -3.99. The lowest BCUT2D eigenvalue weighted by Crippen LogP contribution is -2.14. The van der Waals surface area contributed by atoms with Crippen molar-refractivity contribution in [2.45, 2.75) is 65.8 Å². The molecule has 0 fully saturated rings. The molecule has 0 aliphatic rings. The van der Waals surface area contributed by atoms with Crippen molar-refractivity contribution in [3.05, 3.63) is 108 Å². The minimum absolute atomic E-state index is 0.0580. The molecule has 0 aliphatic heterocycles. The van der Waals surface area contributed by atoms with Crippen LogP contribution in [0.15, 0.2) is 84.9 Å². The molecule has 4 rings (SSSR count). The second-order valence-corrected chi connectivity index (χ2v) is 11.6. The summed E-state index contributed by atoms with van der Waals surface area (Å²) in [6.07, 6.45) is 2.08. The molecule has 0 bridgehead atoms. The van der Waals surface area contributed by atoms with Crippen LogP contribution >= 0.6 is 0 Å². The first-order valence-electron chi connectivity index (χ1n) is 14.5. The smallest absolute Gasteiger partial charge is 0.303 e. The zero-order chi connectivity index (χ0) is 29.5. The molecule has 0 saturated heterocycles. The Labute approximate surface area is 242 Å². The second-order valence-electron chi connectivity index (χ2n) is 11.6. The number of rotatable bonds is 13. The van der Waals surface area contributed by atoms with Crippen LogP contribution in [0.3, 0.4) is 0 Å². The third-order valence-electron chi connectivity index (χ3n) is 7.69. The maximum absolute atomic E-state index is 14.2. The van der Waals surface area contributed by atoms with Gasteiger partial charge in [0.1, 0.15) is 5.82 Å². The number of carbonyl (C=O) groups excluding carboxylic acids is 1. The fourth-order valence-corrected chi connectivity index (χ4v) is 5.95. The molecular weight excluding hydrogens is 513 g/mol. The number of carbonyl (C=O) groups is 2. The predicted octanol–water partition coefficient (Wildman–Crippen LogP) is 9.04. The number of ketones is 1. The normalized spacial score (nSPS) is 12.8. The number of carboxylic acid groups (broad SMARTS) is 1. The monoisotopic (exact) mass is 553 g/mol. The molecule has 0 saturated carbocycles. The lowest BCUT2D eigenvalue weighted by Gasteiger charge is -2.21. The Kier molecular flexibility index (Phi) is 9.93. The Morgan fingerprint density at radius 1 is 0.805 bits per heavy atom. The van der Waals surface area contributed by atoms with Crippen molar-refractivity contribution in [2.75, 3.05) is 0 Å². The summed E-state index contributed by atoms with van der Waals surface area (Å²) in [6, 6.07) is 26.3. The van der Waals surface area contributed by atoms with Crippen molar-refractivity contribution < 1.29 is 19.1 Å². The van der Waals surface area contributed by atoms with E-state index >= 15 is 0 Å². The van der Waals surface area contributed by atoms with Gasteiger partial charge in [0.15, 0.2) is 5.78 Å². The van der Waals surface area contributed by atoms with Crippen molar-refractivity contribution in [1.29, 1.82) is 0 Å². The van der Waals surface area contributed by atoms with Crippen LogP contribution in [0.2, 0.25) is 0 Å². The quantitative estimate of drug-likeness (QED) is 0.168. The number of hydrogen-bond acceptors (Lipinski definition) is 2. The van der Waals surface area contributed by atoms with Crippen molar-refractivity contribution in [1.82, 2.24) is 4.57 Å². The first kappa shape index (κ1) is 30.0. The van der Waals surface area contributed by atoms with Gasteiger partial charge in [0.2, 0.25) is 0 Å². The summed E-state index contributed by atoms with van der Waals surface area (Å²) < 4.78 is 16.3. The minimum atomic E-state index is -0.773. The third-order valence-corrected chi connectivity index (χ3v) is 7.69. The Morgan fingerprint density at radius 3 is 2.00 bits per heavy atom. The van der Waals surface area contributed by atoms with Crippen molar-refractivity contribution in [3.63, 3.8) is 0 Å². The number of carboxylic acids is 1. The van der Waals surface area contributed by atoms with Crippen LogP contribution < -0.4 is 0 Å². The summed E-state index contributed by atoms with van der Waals surface area (Å²) >= 11 is 0. The van der Waals surface area contributed by atoms with E-state index in [1.165, 1.54) is 12.1 Å². The fourth-order valence-electron chi connectivity index (χ4n) is 5.95. The van der Waals surface area contributed by atoms with Crippen LogP contribution in [0.4, 0.5) is 4.39 Å². The molecule has 0 radical (unpaired) electrons. The van der Waals surface area contributed by atoms with Gasteiger partial charge < -0.3 is 9.67 Å². The molecular formula is C36H40FNO3. The number of Topliss-reactive ketones (excluding diaryl/α,β-unsaturated/α-hetero) is 1. The highest BCUT2D eigenvalue weighted by molar-refractivity contribution is 6.08. The highest BCUT2D eigenvalue weighted by Crippen LogP contribution is 2.43. The van der Waals surface area contributed by atoms with Gasteiger partial charge in [0.05, 0.1) is 5.69 Å². The van der Waals surface area contributed by atoms with E-state index < -0.39 is 5.97 Å². The molecule has 1 N–H and O–H groups in total. The van der Waals surface area contributed by atoms with Gasteiger partial charge in [-0.2, -0.15) is 0 Å². The maximum atomic E-state index is 14.2. The number of hydrogen-bond donors (Lipinski definition) is 1. The first-order valence-corrected chi connectivity index (χ1v) is 14.5. The minimum Gasteiger partial charge on any atom is -0.481 e. The van der Waals surface area contributed by atoms with Gasteiger partial charge in [0.25, 0.3) is 0 Å². The maximum Gasteiger partial charge on any atom is 0.303 e. The summed E-state index contributed by atoms with van der Waals surface area (Å²) in [6.45, 7) is 9.05. The van der Waals surface area contributed by atoms with E-state index in [4.69, 9.17) is 0 Å². The fraction of sp³-hybridized carbons (Fsp3) is 0.333. The average Bonchev–Trinajstić information content (AvgIpc) is 3.28. The zero-order valence-electron chi connectivity index (χ0n) is 24.4. The van der Waals surface area contributed by atoms with E-state index in [1.54, 1.807) is 12.1 Å². The van der Waals surface area contributed by atoms with Gasteiger partial charge in [-0.25, -0.2) is 4.39 Å². The molecule has 2 atom stereocenters. The molecule has 41 heavy (non-hydrogen) atoms.